The molecule has 0 aliphatic heterocycles. The van der Waals surface area contributed by atoms with Crippen LogP contribution in [0.3, 0.4) is 0 Å². The summed E-state index contributed by atoms with van der Waals surface area (Å²) in [5.74, 6) is -2.72. The highest BCUT2D eigenvalue weighted by Gasteiger charge is 2.04. The van der Waals surface area contributed by atoms with Crippen molar-refractivity contribution in [3.05, 3.63) is 28.8 Å². The van der Waals surface area contributed by atoms with Gasteiger partial charge in [0, 0.05) is 11.1 Å². The van der Waals surface area contributed by atoms with Crippen molar-refractivity contribution in [1.29, 1.82) is 0 Å². The average molecular weight is 374 g/mol. The molecule has 3 N–H and O–H groups in total. The lowest BCUT2D eigenvalue weighted by atomic mass is 10.1. The predicted molar refractivity (Wildman–Crippen MR) is 98.6 cm³/mol. The van der Waals surface area contributed by atoms with Crippen LogP contribution in [0.25, 0.3) is 0 Å². The summed E-state index contributed by atoms with van der Waals surface area (Å²) in [5, 5.41) is 19.1. The van der Waals surface area contributed by atoms with Gasteiger partial charge in [-0.25, -0.2) is 9.59 Å². The van der Waals surface area contributed by atoms with Crippen LogP contribution in [0.4, 0.5) is 0 Å². The Labute approximate surface area is 154 Å². The molecule has 6 nitrogen and oxygen atoms in total. The van der Waals surface area contributed by atoms with Crippen LogP contribution in [0, 0.1) is 0 Å². The van der Waals surface area contributed by atoms with Crippen molar-refractivity contribution in [3.63, 3.8) is 0 Å². The van der Waals surface area contributed by atoms with Gasteiger partial charge in [0.15, 0.2) is 0 Å². The van der Waals surface area contributed by atoms with E-state index in [9.17, 15) is 0 Å². The first-order valence-electron chi connectivity index (χ1n) is 8.42. The first-order chi connectivity index (χ1) is 11.8. The van der Waals surface area contributed by atoms with Crippen LogP contribution >= 0.6 is 11.6 Å². The minimum absolute atomic E-state index is 0.615. The second kappa shape index (κ2) is 13.5. The number of carbonyl (C=O) groups is 2. The molecule has 0 aromatic heterocycles. The third-order valence-electron chi connectivity index (χ3n) is 3.53. The highest BCUT2D eigenvalue weighted by molar-refractivity contribution is 6.31. The summed E-state index contributed by atoms with van der Waals surface area (Å²) >= 11 is 6.08. The molecular formula is C18H28ClNO5. The fraction of sp³-hybridized carbons (Fsp3) is 0.556. The molecule has 0 aliphatic rings. The van der Waals surface area contributed by atoms with Crippen LogP contribution in [0.15, 0.2) is 18.2 Å². The Hall–Kier alpha value is -1.79. The van der Waals surface area contributed by atoms with Crippen molar-refractivity contribution in [3.8, 4) is 5.75 Å². The number of aliphatic carboxylic acids is 2. The van der Waals surface area contributed by atoms with E-state index in [4.69, 9.17) is 36.1 Å². The lowest BCUT2D eigenvalue weighted by molar-refractivity contribution is -0.159. The van der Waals surface area contributed by atoms with E-state index in [-0.39, 0.29) is 0 Å². The zero-order chi connectivity index (χ0) is 19.2. The van der Waals surface area contributed by atoms with Gasteiger partial charge in [0.1, 0.15) is 5.75 Å². The Morgan fingerprint density at radius 2 is 1.84 bits per heavy atom. The topological polar surface area (TPSA) is 95.9 Å². The highest BCUT2D eigenvalue weighted by Crippen LogP contribution is 2.22. The molecule has 0 bridgehead atoms. The summed E-state index contributed by atoms with van der Waals surface area (Å²) in [6, 6.07) is 6.52. The largest absolute Gasteiger partial charge is 0.494 e. The predicted octanol–water partition coefficient (Wildman–Crippen LogP) is 3.61. The van der Waals surface area contributed by atoms with Crippen LogP contribution in [0.1, 0.15) is 45.6 Å². The number of nitrogens with one attached hydrogen (secondary N) is 1. The normalized spacial score (nSPS) is 11.2. The van der Waals surface area contributed by atoms with Crippen molar-refractivity contribution in [2.75, 3.05) is 13.2 Å². The average Bonchev–Trinajstić information content (AvgIpc) is 2.59. The molecule has 25 heavy (non-hydrogen) atoms. The molecule has 1 aromatic carbocycles. The molecule has 0 amide bonds. The van der Waals surface area contributed by atoms with Gasteiger partial charge in [0.25, 0.3) is 0 Å². The van der Waals surface area contributed by atoms with E-state index in [2.05, 4.69) is 26.1 Å². The summed E-state index contributed by atoms with van der Waals surface area (Å²) in [6.45, 7) is 8.36. The van der Waals surface area contributed by atoms with Crippen LogP contribution in [-0.2, 0) is 16.0 Å². The molecular weight excluding hydrogens is 346 g/mol. The zero-order valence-corrected chi connectivity index (χ0v) is 15.8. The monoisotopic (exact) mass is 373 g/mol. The molecule has 0 radical (unpaired) electrons. The first kappa shape index (κ1) is 23.2. The highest BCUT2D eigenvalue weighted by atomic mass is 35.5. The van der Waals surface area contributed by atoms with Crippen molar-refractivity contribution < 1.29 is 24.5 Å². The summed E-state index contributed by atoms with van der Waals surface area (Å²) in [7, 11) is 0. The van der Waals surface area contributed by atoms with Gasteiger partial charge in [-0.1, -0.05) is 25.4 Å². The van der Waals surface area contributed by atoms with Gasteiger partial charge in [-0.15, -0.1) is 0 Å². The smallest absolute Gasteiger partial charge is 0.414 e. The molecule has 1 unspecified atom stereocenters. The van der Waals surface area contributed by atoms with Gasteiger partial charge in [-0.05, 0) is 62.9 Å². The minimum Gasteiger partial charge on any atom is -0.494 e. The van der Waals surface area contributed by atoms with Crippen LogP contribution in [0.5, 0.6) is 5.75 Å². The van der Waals surface area contributed by atoms with E-state index in [1.54, 1.807) is 0 Å². The van der Waals surface area contributed by atoms with Gasteiger partial charge in [0.2, 0.25) is 0 Å². The molecule has 142 valence electrons. The van der Waals surface area contributed by atoms with Gasteiger partial charge >= 0.3 is 11.9 Å². The lowest BCUT2D eigenvalue weighted by Gasteiger charge is -2.11. The zero-order valence-electron chi connectivity index (χ0n) is 15.0. The Kier molecular flexibility index (Phi) is 12.5. The summed E-state index contributed by atoms with van der Waals surface area (Å²) in [5.41, 5.74) is 1.15. The maximum atomic E-state index is 9.10. The number of carboxylic acid groups (broad SMARTS) is 2. The fourth-order valence-corrected chi connectivity index (χ4v) is 2.07. The molecule has 0 saturated heterocycles. The molecule has 1 atom stereocenters. The molecule has 0 fully saturated rings. The Bertz CT molecular complexity index is 524. The second-order valence-electron chi connectivity index (χ2n) is 5.54. The fourth-order valence-electron chi connectivity index (χ4n) is 1.82. The standard InChI is InChI=1S/C16H26ClNO.C2H2O4/c1-4-13(3)18-10-6-7-11-19-15-8-9-16(17)14(5-2)12-15;3-1(4)2(5)6/h8-9,12-13,18H,4-7,10-11H2,1-3H3;(H,3,4)(H,5,6). The summed E-state index contributed by atoms with van der Waals surface area (Å²) < 4.78 is 5.75. The van der Waals surface area contributed by atoms with E-state index < -0.39 is 11.9 Å². The molecule has 0 saturated carbocycles. The number of aryl methyl sites for hydroxylation is 1. The summed E-state index contributed by atoms with van der Waals surface area (Å²) in [4.78, 5) is 18.2. The number of unbranched alkanes of at least 4 members (excludes halogenated alkanes) is 1. The third-order valence-corrected chi connectivity index (χ3v) is 3.89. The van der Waals surface area contributed by atoms with E-state index in [1.165, 1.54) is 6.42 Å². The quantitative estimate of drug-likeness (QED) is 0.452. The maximum absolute atomic E-state index is 9.10. The number of rotatable bonds is 9. The van der Waals surface area contributed by atoms with E-state index >= 15 is 0 Å². The SMILES string of the molecule is CCc1cc(OCCCCNC(C)CC)ccc1Cl.O=C(O)C(=O)O. The van der Waals surface area contributed by atoms with Crippen molar-refractivity contribution in [1.82, 2.24) is 5.32 Å². The van der Waals surface area contributed by atoms with Crippen LogP contribution in [-0.4, -0.2) is 41.3 Å². The second-order valence-corrected chi connectivity index (χ2v) is 5.94. The lowest BCUT2D eigenvalue weighted by Crippen LogP contribution is -2.26. The minimum atomic E-state index is -1.82. The Morgan fingerprint density at radius 3 is 2.36 bits per heavy atom. The molecule has 1 rings (SSSR count). The van der Waals surface area contributed by atoms with Crippen LogP contribution < -0.4 is 10.1 Å². The molecule has 0 spiro atoms. The number of benzene rings is 1. The number of hydrogen-bond acceptors (Lipinski definition) is 4. The maximum Gasteiger partial charge on any atom is 0.414 e. The van der Waals surface area contributed by atoms with Crippen molar-refractivity contribution in [2.45, 2.75) is 52.5 Å². The molecule has 0 heterocycles. The van der Waals surface area contributed by atoms with Gasteiger partial charge in [0.05, 0.1) is 6.61 Å². The van der Waals surface area contributed by atoms with Gasteiger partial charge < -0.3 is 20.3 Å². The van der Waals surface area contributed by atoms with E-state index in [0.717, 1.165) is 48.7 Å². The molecule has 1 aromatic rings. The Balaban J connectivity index is 0.000000823. The third kappa shape index (κ3) is 11.4. The van der Waals surface area contributed by atoms with Crippen molar-refractivity contribution >= 4 is 23.5 Å². The number of ether oxygens (including phenoxy) is 1. The number of carboxylic acids is 2. The van der Waals surface area contributed by atoms with Gasteiger partial charge in [-0.3, -0.25) is 0 Å². The van der Waals surface area contributed by atoms with E-state index in [0.29, 0.717) is 6.04 Å². The number of hydrogen-bond donors (Lipinski definition) is 3. The first-order valence-corrected chi connectivity index (χ1v) is 8.80. The Morgan fingerprint density at radius 1 is 1.20 bits per heavy atom. The van der Waals surface area contributed by atoms with Crippen LogP contribution in [0.2, 0.25) is 5.02 Å². The van der Waals surface area contributed by atoms with Gasteiger partial charge in [-0.2, -0.15) is 0 Å². The molecule has 0 aliphatic carbocycles. The molecule has 7 heteroatoms. The number of halogens is 1. The summed E-state index contributed by atoms with van der Waals surface area (Å²) in [6.07, 6.45) is 4.35. The van der Waals surface area contributed by atoms with E-state index in [1.807, 2.05) is 18.2 Å². The van der Waals surface area contributed by atoms with Crippen molar-refractivity contribution in [2.24, 2.45) is 0 Å².